The minimum atomic E-state index is -0.243. The monoisotopic (exact) mass is 213 g/mol. The number of aryl methyl sites for hydroxylation is 1. The molecule has 78 valence electrons. The molecule has 0 bridgehead atoms. The Morgan fingerprint density at radius 1 is 1.50 bits per heavy atom. The molecule has 0 atom stereocenters. The molecule has 14 heavy (non-hydrogen) atoms. The van der Waals surface area contributed by atoms with E-state index < -0.39 is 0 Å². The van der Waals surface area contributed by atoms with Crippen molar-refractivity contribution in [1.29, 1.82) is 0 Å². The number of rotatable bonds is 3. The van der Waals surface area contributed by atoms with Crippen LogP contribution in [0.15, 0.2) is 11.1 Å². The smallest absolute Gasteiger partial charge is 0.221 e. The van der Waals surface area contributed by atoms with Crippen molar-refractivity contribution in [1.82, 2.24) is 9.97 Å². The second-order valence-corrected chi connectivity index (χ2v) is 5.45. The van der Waals surface area contributed by atoms with Crippen molar-refractivity contribution in [2.24, 2.45) is 0 Å². The SMILES string of the molecule is Cc1cc(SC(C)(C)CO)nc(N)n1. The van der Waals surface area contributed by atoms with Crippen LogP contribution in [-0.4, -0.2) is 26.4 Å². The predicted molar refractivity (Wildman–Crippen MR) is 58.2 cm³/mol. The molecule has 1 aromatic rings. The Balaban J connectivity index is 2.87. The summed E-state index contributed by atoms with van der Waals surface area (Å²) in [6.07, 6.45) is 0. The van der Waals surface area contributed by atoms with E-state index in [2.05, 4.69) is 9.97 Å². The van der Waals surface area contributed by atoms with Crippen LogP contribution in [0.4, 0.5) is 5.95 Å². The maximum Gasteiger partial charge on any atom is 0.221 e. The summed E-state index contributed by atoms with van der Waals surface area (Å²) in [7, 11) is 0. The van der Waals surface area contributed by atoms with E-state index in [9.17, 15) is 0 Å². The van der Waals surface area contributed by atoms with Gasteiger partial charge in [-0.3, -0.25) is 0 Å². The van der Waals surface area contributed by atoms with Crippen molar-refractivity contribution in [3.63, 3.8) is 0 Å². The third-order valence-electron chi connectivity index (χ3n) is 1.61. The molecule has 1 heterocycles. The first-order valence-corrected chi connectivity index (χ1v) is 5.15. The molecule has 1 rings (SSSR count). The summed E-state index contributed by atoms with van der Waals surface area (Å²) in [6.45, 7) is 5.87. The van der Waals surface area contributed by atoms with Gasteiger partial charge in [0.15, 0.2) is 0 Å². The average Bonchev–Trinajstić information content (AvgIpc) is 2.01. The molecular weight excluding hydrogens is 198 g/mol. The fourth-order valence-electron chi connectivity index (χ4n) is 0.929. The molecule has 0 fully saturated rings. The topological polar surface area (TPSA) is 72.0 Å². The first kappa shape index (κ1) is 11.3. The summed E-state index contributed by atoms with van der Waals surface area (Å²) in [5.41, 5.74) is 6.36. The summed E-state index contributed by atoms with van der Waals surface area (Å²) in [4.78, 5) is 8.07. The van der Waals surface area contributed by atoms with E-state index >= 15 is 0 Å². The van der Waals surface area contributed by atoms with E-state index in [1.165, 1.54) is 11.8 Å². The van der Waals surface area contributed by atoms with Crippen molar-refractivity contribution < 1.29 is 5.11 Å². The summed E-state index contributed by atoms with van der Waals surface area (Å²) in [5, 5.41) is 9.90. The summed E-state index contributed by atoms with van der Waals surface area (Å²) >= 11 is 1.49. The summed E-state index contributed by atoms with van der Waals surface area (Å²) < 4.78 is -0.243. The Hall–Kier alpha value is -0.810. The van der Waals surface area contributed by atoms with Gasteiger partial charge in [0.2, 0.25) is 5.95 Å². The van der Waals surface area contributed by atoms with Gasteiger partial charge < -0.3 is 10.8 Å². The molecular formula is C9H15N3OS. The zero-order valence-corrected chi connectivity index (χ0v) is 9.43. The molecule has 0 aliphatic rings. The molecule has 1 aromatic heterocycles. The van der Waals surface area contributed by atoms with Crippen LogP contribution in [0.1, 0.15) is 19.5 Å². The number of anilines is 1. The Morgan fingerprint density at radius 3 is 2.64 bits per heavy atom. The zero-order valence-electron chi connectivity index (χ0n) is 8.61. The van der Waals surface area contributed by atoms with Crippen molar-refractivity contribution in [2.75, 3.05) is 12.3 Å². The molecule has 0 unspecified atom stereocenters. The highest BCUT2D eigenvalue weighted by atomic mass is 32.2. The molecule has 0 radical (unpaired) electrons. The Bertz CT molecular complexity index is 308. The number of aliphatic hydroxyl groups excluding tert-OH is 1. The molecule has 0 aromatic carbocycles. The fraction of sp³-hybridized carbons (Fsp3) is 0.556. The molecule has 0 saturated heterocycles. The standard InChI is InChI=1S/C9H15N3OS/c1-6-4-7(12-8(10)11-6)14-9(2,3)5-13/h4,13H,5H2,1-3H3,(H2,10,11,12). The van der Waals surface area contributed by atoms with Gasteiger partial charge in [-0.05, 0) is 26.8 Å². The van der Waals surface area contributed by atoms with Gasteiger partial charge in [0.05, 0.1) is 6.61 Å². The predicted octanol–water partition coefficient (Wildman–Crippen LogP) is 1.23. The molecule has 4 nitrogen and oxygen atoms in total. The molecule has 0 aliphatic heterocycles. The van der Waals surface area contributed by atoms with Gasteiger partial charge in [-0.1, -0.05) is 11.8 Å². The van der Waals surface area contributed by atoms with Crippen LogP contribution in [-0.2, 0) is 0 Å². The highest BCUT2D eigenvalue weighted by Gasteiger charge is 2.19. The molecule has 0 spiro atoms. The van der Waals surface area contributed by atoms with Crippen LogP contribution in [0, 0.1) is 6.92 Å². The lowest BCUT2D eigenvalue weighted by molar-refractivity contribution is 0.265. The van der Waals surface area contributed by atoms with Crippen molar-refractivity contribution in [2.45, 2.75) is 30.5 Å². The normalized spacial score (nSPS) is 11.7. The highest BCUT2D eigenvalue weighted by molar-refractivity contribution is 8.00. The molecule has 3 N–H and O–H groups in total. The quantitative estimate of drug-likeness (QED) is 0.583. The number of thioether (sulfide) groups is 1. The van der Waals surface area contributed by atoms with Crippen LogP contribution in [0.25, 0.3) is 0 Å². The third-order valence-corrected chi connectivity index (χ3v) is 2.71. The minimum absolute atomic E-state index is 0.0978. The molecule has 5 heteroatoms. The van der Waals surface area contributed by atoms with E-state index in [4.69, 9.17) is 10.8 Å². The van der Waals surface area contributed by atoms with Gasteiger partial charge >= 0.3 is 0 Å². The highest BCUT2D eigenvalue weighted by Crippen LogP contribution is 2.30. The Labute approximate surface area is 88.0 Å². The van der Waals surface area contributed by atoms with Gasteiger partial charge in [-0.15, -0.1) is 0 Å². The van der Waals surface area contributed by atoms with Crippen LogP contribution in [0.3, 0.4) is 0 Å². The summed E-state index contributed by atoms with van der Waals surface area (Å²) in [5.74, 6) is 0.279. The Morgan fingerprint density at radius 2 is 2.14 bits per heavy atom. The number of nitrogen functional groups attached to an aromatic ring is 1. The molecule has 0 aliphatic carbocycles. The number of nitrogens with zero attached hydrogens (tertiary/aromatic N) is 2. The minimum Gasteiger partial charge on any atom is -0.395 e. The van der Waals surface area contributed by atoms with E-state index in [1.54, 1.807) is 0 Å². The van der Waals surface area contributed by atoms with E-state index in [0.29, 0.717) is 0 Å². The number of aliphatic hydroxyl groups is 1. The lowest BCUT2D eigenvalue weighted by Gasteiger charge is -2.20. The summed E-state index contributed by atoms with van der Waals surface area (Å²) in [6, 6.07) is 1.86. The maximum absolute atomic E-state index is 9.10. The lowest BCUT2D eigenvalue weighted by Crippen LogP contribution is -2.20. The van der Waals surface area contributed by atoms with Crippen molar-refractivity contribution in [3.05, 3.63) is 11.8 Å². The van der Waals surface area contributed by atoms with E-state index in [1.807, 2.05) is 26.8 Å². The second kappa shape index (κ2) is 4.14. The van der Waals surface area contributed by atoms with E-state index in [0.717, 1.165) is 10.7 Å². The number of nitrogens with two attached hydrogens (primary N) is 1. The maximum atomic E-state index is 9.10. The second-order valence-electron chi connectivity index (χ2n) is 3.73. The zero-order chi connectivity index (χ0) is 10.8. The largest absolute Gasteiger partial charge is 0.395 e. The number of hydrogen-bond acceptors (Lipinski definition) is 5. The third kappa shape index (κ3) is 3.16. The van der Waals surface area contributed by atoms with Crippen LogP contribution in [0.5, 0.6) is 0 Å². The number of aromatic nitrogens is 2. The van der Waals surface area contributed by atoms with Gasteiger partial charge in [0.1, 0.15) is 5.03 Å². The van der Waals surface area contributed by atoms with Gasteiger partial charge in [0, 0.05) is 10.4 Å². The van der Waals surface area contributed by atoms with Gasteiger partial charge in [0.25, 0.3) is 0 Å². The Kier molecular flexibility index (Phi) is 3.34. The number of hydrogen-bond donors (Lipinski definition) is 2. The fourth-order valence-corrected chi connectivity index (χ4v) is 1.93. The molecule has 0 saturated carbocycles. The van der Waals surface area contributed by atoms with Crippen LogP contribution in [0.2, 0.25) is 0 Å². The van der Waals surface area contributed by atoms with Gasteiger partial charge in [-0.25, -0.2) is 9.97 Å². The van der Waals surface area contributed by atoms with E-state index in [-0.39, 0.29) is 17.3 Å². The van der Waals surface area contributed by atoms with Crippen molar-refractivity contribution >= 4 is 17.7 Å². The average molecular weight is 213 g/mol. The van der Waals surface area contributed by atoms with Crippen LogP contribution < -0.4 is 5.73 Å². The first-order chi connectivity index (χ1) is 6.43. The lowest BCUT2D eigenvalue weighted by atomic mass is 10.2. The molecule has 0 amide bonds. The van der Waals surface area contributed by atoms with Crippen molar-refractivity contribution in [3.8, 4) is 0 Å². The first-order valence-electron chi connectivity index (χ1n) is 4.34. The van der Waals surface area contributed by atoms with Crippen LogP contribution >= 0.6 is 11.8 Å². The van der Waals surface area contributed by atoms with Gasteiger partial charge in [-0.2, -0.15) is 0 Å².